The number of rotatable bonds is 8. The van der Waals surface area contributed by atoms with E-state index in [1.807, 2.05) is 6.07 Å². The van der Waals surface area contributed by atoms with Crippen LogP contribution in [0.1, 0.15) is 34.3 Å². The van der Waals surface area contributed by atoms with Crippen LogP contribution in [0, 0.1) is 17.1 Å². The average molecular weight is 581 g/mol. The van der Waals surface area contributed by atoms with Crippen molar-refractivity contribution in [1.82, 2.24) is 5.32 Å². The molecule has 0 aromatic heterocycles. The molecule has 0 bridgehead atoms. The molecule has 0 spiro atoms. The number of halogens is 6. The average Bonchev–Trinajstić information content (AvgIpc) is 3.37. The van der Waals surface area contributed by atoms with Gasteiger partial charge in [0.1, 0.15) is 6.61 Å². The minimum Gasteiger partial charge on any atom is -0.395 e. The van der Waals surface area contributed by atoms with Crippen molar-refractivity contribution in [3.05, 3.63) is 81.1 Å². The van der Waals surface area contributed by atoms with E-state index in [1.165, 1.54) is 18.3 Å². The molecule has 1 amide bonds. The molecule has 1 aliphatic rings. The van der Waals surface area contributed by atoms with Gasteiger partial charge in [0.05, 0.1) is 41.0 Å². The van der Waals surface area contributed by atoms with Gasteiger partial charge in [-0.25, -0.2) is 4.39 Å². The van der Waals surface area contributed by atoms with E-state index in [0.29, 0.717) is 16.3 Å². The van der Waals surface area contributed by atoms with Crippen LogP contribution >= 0.6 is 23.2 Å². The summed E-state index contributed by atoms with van der Waals surface area (Å²) in [5.41, 5.74) is -2.89. The number of carbonyl (C=O) groups excluding carboxylic acids is 1. The van der Waals surface area contributed by atoms with Crippen LogP contribution in [0.15, 0.2) is 58.8 Å². The molecule has 4 rings (SSSR count). The van der Waals surface area contributed by atoms with Gasteiger partial charge in [0.2, 0.25) is 0 Å². The third-order valence-electron chi connectivity index (χ3n) is 5.92. The molecule has 1 unspecified atom stereocenters. The highest BCUT2D eigenvalue weighted by atomic mass is 35.5. The van der Waals surface area contributed by atoms with E-state index in [2.05, 4.69) is 15.6 Å². The van der Waals surface area contributed by atoms with Gasteiger partial charge in [-0.05, 0) is 29.0 Å². The summed E-state index contributed by atoms with van der Waals surface area (Å²) in [6, 6.07) is 13.1. The first-order valence-electron chi connectivity index (χ1n) is 11.4. The number of nitrogens with zero attached hydrogens (tertiary/aromatic N) is 3. The summed E-state index contributed by atoms with van der Waals surface area (Å²) in [5.74, 6) is -1.50. The lowest BCUT2D eigenvalue weighted by atomic mass is 9.85. The van der Waals surface area contributed by atoms with Crippen LogP contribution in [0.5, 0.6) is 0 Å². The molecule has 1 aliphatic heterocycles. The van der Waals surface area contributed by atoms with E-state index in [-0.39, 0.29) is 30.8 Å². The molecule has 202 valence electrons. The van der Waals surface area contributed by atoms with Crippen molar-refractivity contribution in [3.8, 4) is 6.07 Å². The van der Waals surface area contributed by atoms with Crippen molar-refractivity contribution in [2.45, 2.75) is 24.6 Å². The number of amides is 1. The molecule has 1 heterocycles. The molecule has 1 N–H and O–H groups in total. The predicted octanol–water partition coefficient (Wildman–Crippen LogP) is 6.51. The Morgan fingerprint density at radius 3 is 2.56 bits per heavy atom. The zero-order valence-corrected chi connectivity index (χ0v) is 21.4. The molecule has 7 nitrogen and oxygen atoms in total. The Kier molecular flexibility index (Phi) is 8.28. The summed E-state index contributed by atoms with van der Waals surface area (Å²) in [4.78, 5) is 22.7. The third-order valence-corrected chi connectivity index (χ3v) is 6.47. The second-order valence-electron chi connectivity index (χ2n) is 8.33. The first-order valence-corrected chi connectivity index (χ1v) is 12.1. The van der Waals surface area contributed by atoms with Crippen LogP contribution in [0.2, 0.25) is 10.0 Å². The molecule has 13 heteroatoms. The van der Waals surface area contributed by atoms with Gasteiger partial charge in [0.25, 0.3) is 11.5 Å². The molecule has 3 aromatic rings. The fourth-order valence-corrected chi connectivity index (χ4v) is 4.54. The molecule has 0 saturated carbocycles. The number of nitriles is 1. The van der Waals surface area contributed by atoms with E-state index in [4.69, 9.17) is 38.1 Å². The highest BCUT2D eigenvalue weighted by molar-refractivity contribution is 6.35. The second-order valence-corrected chi connectivity index (χ2v) is 9.14. The maximum Gasteiger partial charge on any atom is 0.435 e. The van der Waals surface area contributed by atoms with Crippen molar-refractivity contribution in [2.75, 3.05) is 13.2 Å². The normalized spacial score (nSPS) is 17.1. The lowest BCUT2D eigenvalue weighted by molar-refractivity contribution is -0.275. The number of nitrogens with one attached hydrogen (secondary N) is 1. The van der Waals surface area contributed by atoms with Crippen LogP contribution < -0.4 is 5.32 Å². The monoisotopic (exact) mass is 580 g/mol. The quantitative estimate of drug-likeness (QED) is 0.108. The molecule has 39 heavy (non-hydrogen) atoms. The highest BCUT2D eigenvalue weighted by Crippen LogP contribution is 2.50. The van der Waals surface area contributed by atoms with E-state index in [0.717, 1.165) is 12.1 Å². The number of alkyl halides is 3. The van der Waals surface area contributed by atoms with Gasteiger partial charge in [0.15, 0.2) is 5.82 Å². The number of carbonyl (C=O) groups is 1. The highest BCUT2D eigenvalue weighted by Gasteiger charge is 2.62. The van der Waals surface area contributed by atoms with E-state index >= 15 is 0 Å². The topological polar surface area (TPSA) is 96.1 Å². The zero-order valence-electron chi connectivity index (χ0n) is 19.9. The third kappa shape index (κ3) is 5.62. The molecule has 0 fully saturated rings. The van der Waals surface area contributed by atoms with E-state index in [9.17, 15) is 22.4 Å². The molecule has 0 saturated heterocycles. The van der Waals surface area contributed by atoms with E-state index in [1.54, 1.807) is 24.3 Å². The summed E-state index contributed by atoms with van der Waals surface area (Å²) >= 11 is 11.6. The molecule has 0 aliphatic carbocycles. The Labute approximate surface area is 229 Å². The van der Waals surface area contributed by atoms with Gasteiger partial charge >= 0.3 is 6.18 Å². The van der Waals surface area contributed by atoms with Crippen LogP contribution in [0.25, 0.3) is 10.8 Å². The first kappa shape index (κ1) is 28.1. The molecule has 3 aromatic carbocycles. The standard InChI is InChI=1S/C26H18Cl2F4N4O3/c27-20-12-15(13-21(28)23(20)29)25(26(30,31)32)14-22(36-39-25)18-6-7-19(17-5-2-1-4-16(17)18)24(37)34-9-10-35-38-11-3-8-33/h1-2,4-7,10,12-13H,3,9,11,14H2,(H,34,37)/b35-10+. The fraction of sp³-hybridized carbons (Fsp3) is 0.231. The summed E-state index contributed by atoms with van der Waals surface area (Å²) in [6.07, 6.45) is -4.21. The van der Waals surface area contributed by atoms with Gasteiger partial charge in [-0.2, -0.15) is 18.4 Å². The molecule has 0 radical (unpaired) electrons. The fourth-order valence-electron chi connectivity index (χ4n) is 4.05. The lowest BCUT2D eigenvalue weighted by Crippen LogP contribution is -2.42. The summed E-state index contributed by atoms with van der Waals surface area (Å²) in [5, 5.41) is 18.3. The van der Waals surface area contributed by atoms with Crippen LogP contribution in [0.3, 0.4) is 0 Å². The molecule has 1 atom stereocenters. The number of fused-ring (bicyclic) bond motifs is 1. The molecular weight excluding hydrogens is 563 g/mol. The van der Waals surface area contributed by atoms with Gasteiger partial charge in [-0.1, -0.05) is 63.8 Å². The van der Waals surface area contributed by atoms with Crippen molar-refractivity contribution < 1.29 is 32.0 Å². The lowest BCUT2D eigenvalue weighted by Gasteiger charge is -2.29. The number of benzene rings is 3. The van der Waals surface area contributed by atoms with Gasteiger partial charge < -0.3 is 15.0 Å². The maximum absolute atomic E-state index is 14.4. The Bertz CT molecular complexity index is 1500. The first-order chi connectivity index (χ1) is 18.6. The number of oxime groups is 2. The SMILES string of the molecule is N#CCCO/N=C/CNC(=O)c1ccc(C2=NOC(c3cc(Cl)c(F)c(Cl)c3)(C(F)(F)F)C2)c2ccccc12. The number of hydrogen-bond acceptors (Lipinski definition) is 6. The second kappa shape index (κ2) is 11.5. The van der Waals surface area contributed by atoms with E-state index < -0.39 is 45.5 Å². The Morgan fingerprint density at radius 2 is 1.90 bits per heavy atom. The molecular formula is C26H18Cl2F4N4O3. The maximum atomic E-state index is 14.4. The summed E-state index contributed by atoms with van der Waals surface area (Å²) < 4.78 is 57.2. The van der Waals surface area contributed by atoms with Crippen molar-refractivity contribution in [2.24, 2.45) is 10.3 Å². The number of hydrogen-bond donors (Lipinski definition) is 1. The largest absolute Gasteiger partial charge is 0.435 e. The van der Waals surface area contributed by atoms with Crippen molar-refractivity contribution in [3.63, 3.8) is 0 Å². The Hall–Kier alpha value is -3.88. The van der Waals surface area contributed by atoms with Crippen molar-refractivity contribution in [1.29, 1.82) is 5.26 Å². The predicted molar refractivity (Wildman–Crippen MR) is 137 cm³/mol. The van der Waals surface area contributed by atoms with Crippen LogP contribution in [-0.2, 0) is 15.3 Å². The van der Waals surface area contributed by atoms with Gasteiger partial charge in [-0.3, -0.25) is 4.79 Å². The van der Waals surface area contributed by atoms with Gasteiger partial charge in [0, 0.05) is 23.1 Å². The van der Waals surface area contributed by atoms with Crippen LogP contribution in [-0.4, -0.2) is 37.2 Å². The summed E-state index contributed by atoms with van der Waals surface area (Å²) in [7, 11) is 0. The van der Waals surface area contributed by atoms with Crippen molar-refractivity contribution >= 4 is 51.8 Å². The summed E-state index contributed by atoms with van der Waals surface area (Å²) in [6.45, 7) is 0.163. The minimum absolute atomic E-state index is 0.0336. The Balaban J connectivity index is 1.63. The minimum atomic E-state index is -4.96. The zero-order chi connectivity index (χ0) is 28.2. The van der Waals surface area contributed by atoms with Crippen LogP contribution in [0.4, 0.5) is 17.6 Å². The smallest absolute Gasteiger partial charge is 0.395 e. The Morgan fingerprint density at radius 1 is 1.21 bits per heavy atom. The van der Waals surface area contributed by atoms with Gasteiger partial charge in [-0.15, -0.1) is 0 Å².